The summed E-state index contributed by atoms with van der Waals surface area (Å²) in [5.74, 6) is 0.0985. The third kappa shape index (κ3) is 3.68. The van der Waals surface area contributed by atoms with Crippen molar-refractivity contribution >= 4 is 29.3 Å². The highest BCUT2D eigenvalue weighted by Gasteiger charge is 2.48. The fourth-order valence-electron chi connectivity index (χ4n) is 4.32. The maximum Gasteiger partial charge on any atom is 0.232 e. The lowest BCUT2D eigenvalue weighted by Crippen LogP contribution is -2.38. The van der Waals surface area contributed by atoms with E-state index in [9.17, 15) is 9.36 Å². The predicted molar refractivity (Wildman–Crippen MR) is 121 cm³/mol. The van der Waals surface area contributed by atoms with Crippen molar-refractivity contribution in [1.82, 2.24) is 0 Å². The average molecular weight is 403 g/mol. The topological polar surface area (TPSA) is 37.4 Å². The molecule has 4 heteroatoms. The van der Waals surface area contributed by atoms with E-state index in [-0.39, 0.29) is 11.9 Å². The van der Waals surface area contributed by atoms with Gasteiger partial charge in [-0.25, -0.2) is 0 Å². The van der Waals surface area contributed by atoms with Crippen molar-refractivity contribution in [2.24, 2.45) is 5.41 Å². The Labute approximate surface area is 172 Å². The molecular formula is C25H26NO2P. The summed E-state index contributed by atoms with van der Waals surface area (Å²) in [5.41, 5.74) is 0.402. The Balaban J connectivity index is 1.79. The number of anilines is 1. The fourth-order valence-corrected chi connectivity index (χ4v) is 7.23. The quantitative estimate of drug-likeness (QED) is 0.572. The summed E-state index contributed by atoms with van der Waals surface area (Å²) in [4.78, 5) is 15.1. The highest BCUT2D eigenvalue weighted by molar-refractivity contribution is 7.78. The summed E-state index contributed by atoms with van der Waals surface area (Å²) in [5, 5.41) is 1.69. The Morgan fingerprint density at radius 1 is 0.828 bits per heavy atom. The second kappa shape index (κ2) is 7.65. The maximum absolute atomic E-state index is 14.5. The molecule has 0 aromatic heterocycles. The first-order chi connectivity index (χ1) is 13.9. The largest absolute Gasteiger partial charge is 0.314 e. The molecule has 1 fully saturated rings. The number of para-hydroxylation sites is 1. The number of amides is 1. The van der Waals surface area contributed by atoms with Crippen LogP contribution < -0.4 is 15.5 Å². The second-order valence-electron chi connectivity index (χ2n) is 8.35. The van der Waals surface area contributed by atoms with Gasteiger partial charge in [0.05, 0.1) is 0 Å². The molecule has 4 rings (SSSR count). The first-order valence-electron chi connectivity index (χ1n) is 10.0. The van der Waals surface area contributed by atoms with Gasteiger partial charge in [0.2, 0.25) is 5.91 Å². The molecule has 1 amide bonds. The van der Waals surface area contributed by atoms with Crippen molar-refractivity contribution in [3.63, 3.8) is 0 Å². The predicted octanol–water partition coefficient (Wildman–Crippen LogP) is 4.83. The number of benzene rings is 3. The number of carbonyl (C=O) groups excluding carboxylic acids is 1. The lowest BCUT2D eigenvalue weighted by molar-refractivity contribution is -0.124. The van der Waals surface area contributed by atoms with Crippen molar-refractivity contribution in [2.75, 3.05) is 11.1 Å². The molecule has 0 bridgehead atoms. The van der Waals surface area contributed by atoms with Crippen LogP contribution in [0.15, 0.2) is 91.0 Å². The minimum absolute atomic E-state index is 0.0985. The molecular weight excluding hydrogens is 377 g/mol. The van der Waals surface area contributed by atoms with Gasteiger partial charge in [-0.05, 0) is 18.6 Å². The molecule has 3 aromatic rings. The van der Waals surface area contributed by atoms with Crippen molar-refractivity contribution in [3.8, 4) is 0 Å². The van der Waals surface area contributed by atoms with Crippen LogP contribution in [-0.2, 0) is 9.36 Å². The smallest absolute Gasteiger partial charge is 0.232 e. The second-order valence-corrected chi connectivity index (χ2v) is 11.2. The highest BCUT2D eigenvalue weighted by Crippen LogP contribution is 2.49. The van der Waals surface area contributed by atoms with Gasteiger partial charge < -0.3 is 9.46 Å². The Hall–Kier alpha value is -2.64. The molecule has 29 heavy (non-hydrogen) atoms. The van der Waals surface area contributed by atoms with Gasteiger partial charge in [0, 0.05) is 33.9 Å². The third-order valence-electron chi connectivity index (χ3n) is 5.76. The van der Waals surface area contributed by atoms with Crippen LogP contribution in [0.25, 0.3) is 0 Å². The molecule has 0 radical (unpaired) electrons. The zero-order valence-electron chi connectivity index (χ0n) is 16.9. The van der Waals surface area contributed by atoms with Gasteiger partial charge >= 0.3 is 0 Å². The summed E-state index contributed by atoms with van der Waals surface area (Å²) in [7, 11) is -2.91. The van der Waals surface area contributed by atoms with Gasteiger partial charge in [0.25, 0.3) is 0 Å². The zero-order chi connectivity index (χ0) is 20.5. The van der Waals surface area contributed by atoms with E-state index in [1.165, 1.54) is 0 Å². The molecule has 3 nitrogen and oxygen atoms in total. The van der Waals surface area contributed by atoms with Gasteiger partial charge in [0.1, 0.15) is 7.14 Å². The van der Waals surface area contributed by atoms with Crippen LogP contribution in [-0.4, -0.2) is 18.1 Å². The SMILES string of the molecule is CC1(C)C[C@@H](CP(=O)(c2ccccc2)c2ccccc2)N(c2ccccc2)C1=O. The summed E-state index contributed by atoms with van der Waals surface area (Å²) >= 11 is 0. The van der Waals surface area contributed by atoms with Gasteiger partial charge in [-0.2, -0.15) is 0 Å². The highest BCUT2D eigenvalue weighted by atomic mass is 31.2. The molecule has 1 aliphatic heterocycles. The molecule has 1 aliphatic rings. The van der Waals surface area contributed by atoms with E-state index in [1.54, 1.807) is 0 Å². The van der Waals surface area contributed by atoms with Crippen molar-refractivity contribution in [2.45, 2.75) is 26.3 Å². The van der Waals surface area contributed by atoms with Crippen LogP contribution in [0.4, 0.5) is 5.69 Å². The van der Waals surface area contributed by atoms with Crippen LogP contribution in [0, 0.1) is 5.41 Å². The standard InChI is InChI=1S/C25H26NO2P/c1-25(2)18-21(26(24(25)27)20-12-6-3-7-13-20)19-29(28,22-14-8-4-9-15-22)23-16-10-5-11-17-23/h3-17,21H,18-19H2,1-2H3/t21-/m0/s1. The monoisotopic (exact) mass is 403 g/mol. The Bertz CT molecular complexity index is 989. The zero-order valence-corrected chi connectivity index (χ0v) is 17.8. The molecule has 3 aromatic carbocycles. The normalized spacial score (nSPS) is 18.8. The lowest BCUT2D eigenvalue weighted by atomic mass is 9.90. The van der Waals surface area contributed by atoms with Crippen LogP contribution in [0.2, 0.25) is 0 Å². The van der Waals surface area contributed by atoms with E-state index in [1.807, 2.05) is 110 Å². The molecule has 148 valence electrons. The molecule has 0 aliphatic carbocycles. The Morgan fingerprint density at radius 3 is 1.76 bits per heavy atom. The van der Waals surface area contributed by atoms with E-state index in [2.05, 4.69) is 0 Å². The summed E-state index contributed by atoms with van der Waals surface area (Å²) < 4.78 is 14.5. The maximum atomic E-state index is 14.5. The number of hydrogen-bond acceptors (Lipinski definition) is 2. The van der Waals surface area contributed by atoms with E-state index in [0.29, 0.717) is 12.6 Å². The number of nitrogens with zero attached hydrogens (tertiary/aromatic N) is 1. The molecule has 0 saturated carbocycles. The van der Waals surface area contributed by atoms with Crippen LogP contribution >= 0.6 is 7.14 Å². The van der Waals surface area contributed by atoms with Gasteiger partial charge in [0.15, 0.2) is 0 Å². The lowest BCUT2D eigenvalue weighted by Gasteiger charge is -2.29. The van der Waals surface area contributed by atoms with E-state index >= 15 is 0 Å². The van der Waals surface area contributed by atoms with Crippen molar-refractivity contribution in [1.29, 1.82) is 0 Å². The van der Waals surface area contributed by atoms with Gasteiger partial charge in [-0.15, -0.1) is 0 Å². The number of rotatable bonds is 5. The first-order valence-corrected chi connectivity index (χ1v) is 11.9. The summed E-state index contributed by atoms with van der Waals surface area (Å²) in [6.07, 6.45) is 1.12. The summed E-state index contributed by atoms with van der Waals surface area (Å²) in [6, 6.07) is 29.0. The van der Waals surface area contributed by atoms with Gasteiger partial charge in [-0.3, -0.25) is 4.79 Å². The summed E-state index contributed by atoms with van der Waals surface area (Å²) in [6.45, 7) is 3.97. The van der Waals surface area contributed by atoms with Crippen LogP contribution in [0.3, 0.4) is 0 Å². The molecule has 0 N–H and O–H groups in total. The van der Waals surface area contributed by atoms with Crippen molar-refractivity contribution < 1.29 is 9.36 Å². The molecule has 1 saturated heterocycles. The van der Waals surface area contributed by atoms with E-state index in [4.69, 9.17) is 0 Å². The van der Waals surface area contributed by atoms with Crippen LogP contribution in [0.1, 0.15) is 20.3 Å². The van der Waals surface area contributed by atoms with Gasteiger partial charge in [-0.1, -0.05) is 92.7 Å². The molecule has 1 heterocycles. The number of carbonyl (C=O) groups is 1. The third-order valence-corrected chi connectivity index (χ3v) is 8.96. The van der Waals surface area contributed by atoms with E-state index in [0.717, 1.165) is 16.3 Å². The molecule has 0 spiro atoms. The minimum atomic E-state index is -2.91. The van der Waals surface area contributed by atoms with Crippen LogP contribution in [0.5, 0.6) is 0 Å². The number of hydrogen-bond donors (Lipinski definition) is 0. The average Bonchev–Trinajstić information content (AvgIpc) is 2.97. The fraction of sp³-hybridized carbons (Fsp3) is 0.240. The minimum Gasteiger partial charge on any atom is -0.314 e. The molecule has 0 unspecified atom stereocenters. The first kappa shape index (κ1) is 19.7. The van der Waals surface area contributed by atoms with Crippen molar-refractivity contribution in [3.05, 3.63) is 91.0 Å². The Morgan fingerprint density at radius 2 is 1.28 bits per heavy atom. The molecule has 1 atom stereocenters. The Kier molecular flexibility index (Phi) is 5.19. The van der Waals surface area contributed by atoms with E-state index < -0.39 is 12.6 Å².